The van der Waals surface area contributed by atoms with Crippen LogP contribution in [0.5, 0.6) is 0 Å². The topological polar surface area (TPSA) is 86.8 Å². The van der Waals surface area contributed by atoms with Gasteiger partial charge < -0.3 is 5.32 Å². The molecule has 0 aliphatic carbocycles. The van der Waals surface area contributed by atoms with Gasteiger partial charge in [0.25, 0.3) is 11.8 Å². The Kier molecular flexibility index (Phi) is 5.15. The van der Waals surface area contributed by atoms with E-state index < -0.39 is 22.0 Å². The number of nitrogens with zero attached hydrogens (tertiary/aromatic N) is 2. The van der Waals surface area contributed by atoms with Gasteiger partial charge in [0.15, 0.2) is 0 Å². The zero-order valence-corrected chi connectivity index (χ0v) is 13.0. The summed E-state index contributed by atoms with van der Waals surface area (Å²) < 4.78 is 25.6. The predicted molar refractivity (Wildman–Crippen MR) is 74.6 cm³/mol. The molecule has 0 bridgehead atoms. The van der Waals surface area contributed by atoms with Gasteiger partial charge in [-0.05, 0) is 19.8 Å². The van der Waals surface area contributed by atoms with Crippen LogP contribution in [0.1, 0.15) is 27.7 Å². The molecule has 0 unspecified atom stereocenters. The fourth-order valence-corrected chi connectivity index (χ4v) is 3.33. The van der Waals surface area contributed by atoms with Gasteiger partial charge in [0.1, 0.15) is 5.57 Å². The van der Waals surface area contributed by atoms with Crippen LogP contribution in [0.4, 0.5) is 0 Å². The summed E-state index contributed by atoms with van der Waals surface area (Å²) in [6, 6.07) is 0. The number of nitrogens with one attached hydrogen (secondary N) is 1. The first-order valence-corrected chi connectivity index (χ1v) is 7.99. The maximum atomic E-state index is 12.1. The first-order chi connectivity index (χ1) is 9.27. The van der Waals surface area contributed by atoms with Crippen molar-refractivity contribution in [1.29, 1.82) is 0 Å². The van der Waals surface area contributed by atoms with Crippen molar-refractivity contribution in [2.75, 3.05) is 19.6 Å². The lowest BCUT2D eigenvalue weighted by Gasteiger charge is -2.34. The van der Waals surface area contributed by atoms with Crippen molar-refractivity contribution in [1.82, 2.24) is 13.9 Å². The standard InChI is InChI=1S/C12H21N3O4S/c1-5-14-11(16)10(8-13-7-9(3)4)12(17)15(6-2)20(14,18)19/h8-9,13H,5-7H2,1-4H3. The quantitative estimate of drug-likeness (QED) is 0.574. The third-order valence-electron chi connectivity index (χ3n) is 2.82. The van der Waals surface area contributed by atoms with E-state index in [9.17, 15) is 18.0 Å². The van der Waals surface area contributed by atoms with Gasteiger partial charge >= 0.3 is 10.2 Å². The normalized spacial score (nSPS) is 18.8. The number of hydrogen-bond acceptors (Lipinski definition) is 5. The van der Waals surface area contributed by atoms with Gasteiger partial charge in [-0.3, -0.25) is 9.59 Å². The van der Waals surface area contributed by atoms with Crippen LogP contribution < -0.4 is 5.32 Å². The van der Waals surface area contributed by atoms with Crippen LogP contribution in [0.3, 0.4) is 0 Å². The van der Waals surface area contributed by atoms with Crippen LogP contribution in [0.25, 0.3) is 0 Å². The highest BCUT2D eigenvalue weighted by Crippen LogP contribution is 2.21. The summed E-state index contributed by atoms with van der Waals surface area (Å²) in [6.07, 6.45) is 1.31. The Morgan fingerprint density at radius 1 is 1.10 bits per heavy atom. The number of carbonyl (C=O) groups is 2. The van der Waals surface area contributed by atoms with Crippen LogP contribution in [0.2, 0.25) is 0 Å². The minimum absolute atomic E-state index is 0.00747. The second-order valence-electron chi connectivity index (χ2n) is 4.81. The van der Waals surface area contributed by atoms with Crippen molar-refractivity contribution >= 4 is 22.0 Å². The molecule has 1 saturated heterocycles. The first-order valence-electron chi connectivity index (χ1n) is 6.59. The smallest absolute Gasteiger partial charge is 0.331 e. The molecule has 0 atom stereocenters. The van der Waals surface area contributed by atoms with E-state index in [-0.39, 0.29) is 18.7 Å². The zero-order valence-electron chi connectivity index (χ0n) is 12.2. The first kappa shape index (κ1) is 16.5. The molecular formula is C12H21N3O4S. The molecule has 0 spiro atoms. The Morgan fingerprint density at radius 3 is 1.90 bits per heavy atom. The van der Waals surface area contributed by atoms with E-state index in [4.69, 9.17) is 0 Å². The molecule has 7 nitrogen and oxygen atoms in total. The summed E-state index contributed by atoms with van der Waals surface area (Å²) in [6.45, 7) is 7.65. The third kappa shape index (κ3) is 2.95. The van der Waals surface area contributed by atoms with Gasteiger partial charge in [0, 0.05) is 25.8 Å². The molecule has 0 aromatic rings. The van der Waals surface area contributed by atoms with E-state index in [1.54, 1.807) is 13.8 Å². The second kappa shape index (κ2) is 6.25. The van der Waals surface area contributed by atoms with E-state index in [1.807, 2.05) is 13.8 Å². The van der Waals surface area contributed by atoms with Crippen molar-refractivity contribution in [3.63, 3.8) is 0 Å². The highest BCUT2D eigenvalue weighted by atomic mass is 32.2. The van der Waals surface area contributed by atoms with Crippen LogP contribution in [-0.2, 0) is 19.8 Å². The number of rotatable bonds is 5. The van der Waals surface area contributed by atoms with Crippen molar-refractivity contribution in [2.24, 2.45) is 5.92 Å². The van der Waals surface area contributed by atoms with Crippen molar-refractivity contribution < 1.29 is 18.0 Å². The minimum Gasteiger partial charge on any atom is -0.390 e. The molecule has 8 heteroatoms. The van der Waals surface area contributed by atoms with Crippen LogP contribution >= 0.6 is 0 Å². The van der Waals surface area contributed by atoms with Gasteiger partial charge in [0.05, 0.1) is 0 Å². The zero-order chi connectivity index (χ0) is 15.5. The average Bonchev–Trinajstić information content (AvgIpc) is 2.33. The Morgan fingerprint density at radius 2 is 1.55 bits per heavy atom. The molecule has 1 aliphatic rings. The number of hydrogen-bond donors (Lipinski definition) is 1. The van der Waals surface area contributed by atoms with Gasteiger partial charge in [0.2, 0.25) is 0 Å². The molecule has 1 fully saturated rings. The lowest BCUT2D eigenvalue weighted by Crippen LogP contribution is -2.56. The maximum Gasteiger partial charge on any atom is 0.331 e. The fourth-order valence-electron chi connectivity index (χ4n) is 1.82. The lowest BCUT2D eigenvalue weighted by atomic mass is 10.2. The fraction of sp³-hybridized carbons (Fsp3) is 0.667. The number of amides is 2. The Balaban J connectivity index is 3.14. The molecule has 1 N–H and O–H groups in total. The van der Waals surface area contributed by atoms with E-state index in [0.29, 0.717) is 21.1 Å². The Hall–Kier alpha value is -1.57. The second-order valence-corrected chi connectivity index (χ2v) is 6.58. The largest absolute Gasteiger partial charge is 0.390 e. The average molecular weight is 303 g/mol. The summed E-state index contributed by atoms with van der Waals surface area (Å²) in [4.78, 5) is 24.2. The third-order valence-corrected chi connectivity index (χ3v) is 4.78. The summed E-state index contributed by atoms with van der Waals surface area (Å²) in [5, 5.41) is 2.88. The van der Waals surface area contributed by atoms with Crippen LogP contribution in [-0.4, -0.2) is 48.5 Å². The van der Waals surface area contributed by atoms with Gasteiger partial charge in [-0.1, -0.05) is 13.8 Å². The van der Waals surface area contributed by atoms with Gasteiger partial charge in [-0.25, -0.2) is 8.61 Å². The van der Waals surface area contributed by atoms with Crippen molar-refractivity contribution in [3.05, 3.63) is 11.8 Å². The maximum absolute atomic E-state index is 12.1. The molecule has 0 radical (unpaired) electrons. The molecule has 1 heterocycles. The highest BCUT2D eigenvalue weighted by Gasteiger charge is 2.44. The molecule has 1 aliphatic heterocycles. The molecule has 114 valence electrons. The van der Waals surface area contributed by atoms with E-state index in [2.05, 4.69) is 5.32 Å². The Bertz CT molecular complexity index is 493. The monoisotopic (exact) mass is 303 g/mol. The molecule has 0 aromatic carbocycles. The van der Waals surface area contributed by atoms with Crippen LogP contribution in [0.15, 0.2) is 11.8 Å². The van der Waals surface area contributed by atoms with Crippen LogP contribution in [0, 0.1) is 5.92 Å². The molecule has 1 rings (SSSR count). The van der Waals surface area contributed by atoms with E-state index >= 15 is 0 Å². The summed E-state index contributed by atoms with van der Waals surface area (Å²) in [5.74, 6) is -1.22. The molecule has 2 amide bonds. The van der Waals surface area contributed by atoms with E-state index in [1.165, 1.54) is 6.20 Å². The number of carbonyl (C=O) groups excluding carboxylic acids is 2. The number of likely N-dealkylation sites (N-methyl/N-ethyl adjacent to an activating group) is 2. The molecule has 20 heavy (non-hydrogen) atoms. The highest BCUT2D eigenvalue weighted by molar-refractivity contribution is 7.88. The summed E-state index contributed by atoms with van der Waals surface area (Å²) in [5.41, 5.74) is -0.149. The SMILES string of the molecule is CCN1C(=O)C(=CNCC(C)C)C(=O)N(CC)S1(=O)=O. The van der Waals surface area contributed by atoms with E-state index in [0.717, 1.165) is 0 Å². The summed E-state index contributed by atoms with van der Waals surface area (Å²) in [7, 11) is -4.04. The predicted octanol–water partition coefficient (Wildman–Crippen LogP) is 0.0713. The van der Waals surface area contributed by atoms with Gasteiger partial charge in [-0.15, -0.1) is 0 Å². The van der Waals surface area contributed by atoms with Crippen molar-refractivity contribution in [2.45, 2.75) is 27.7 Å². The summed E-state index contributed by atoms with van der Waals surface area (Å²) >= 11 is 0. The molecular weight excluding hydrogens is 282 g/mol. The molecule has 0 saturated carbocycles. The minimum atomic E-state index is -4.04. The lowest BCUT2D eigenvalue weighted by molar-refractivity contribution is -0.131. The van der Waals surface area contributed by atoms with Gasteiger partial charge in [-0.2, -0.15) is 8.42 Å². The van der Waals surface area contributed by atoms with Crippen molar-refractivity contribution in [3.8, 4) is 0 Å². The molecule has 0 aromatic heterocycles. The Labute approximate surface area is 119 Å².